The van der Waals surface area contributed by atoms with E-state index in [1.54, 1.807) is 7.05 Å². The van der Waals surface area contributed by atoms with Gasteiger partial charge in [-0.3, -0.25) is 0 Å². The highest BCUT2D eigenvalue weighted by Crippen LogP contribution is 2.15. The molecule has 1 amide bonds. The number of hydrogen-bond donors (Lipinski definition) is 0. The summed E-state index contributed by atoms with van der Waals surface area (Å²) >= 11 is 0. The number of carbonyl (C=O) groups excluding carboxylic acids is 1. The van der Waals surface area contributed by atoms with Crippen LogP contribution in [0.2, 0.25) is 0 Å². The third kappa shape index (κ3) is 1.03. The van der Waals surface area contributed by atoms with Gasteiger partial charge >= 0.3 is 6.09 Å². The van der Waals surface area contributed by atoms with Crippen LogP contribution in [0.4, 0.5) is 4.79 Å². The van der Waals surface area contributed by atoms with Gasteiger partial charge in [0.05, 0.1) is 6.54 Å². The van der Waals surface area contributed by atoms with Crippen molar-refractivity contribution in [1.82, 2.24) is 4.90 Å². The molecule has 0 N–H and O–H groups in total. The Morgan fingerprint density at radius 1 is 1.60 bits per heavy atom. The van der Waals surface area contributed by atoms with Crippen molar-refractivity contribution < 1.29 is 9.53 Å². The average molecular weight is 139 g/mol. The SMILES string of the molecule is C=C1CN(C)C(=O)OC1=C. The van der Waals surface area contributed by atoms with Crippen molar-refractivity contribution in [2.75, 3.05) is 13.6 Å². The molecule has 3 heteroatoms. The highest BCUT2D eigenvalue weighted by atomic mass is 16.6. The Labute approximate surface area is 59.6 Å². The highest BCUT2D eigenvalue weighted by Gasteiger charge is 2.20. The maximum Gasteiger partial charge on any atom is 0.415 e. The summed E-state index contributed by atoms with van der Waals surface area (Å²) in [6, 6.07) is 0. The smallest absolute Gasteiger partial charge is 0.411 e. The van der Waals surface area contributed by atoms with E-state index in [9.17, 15) is 4.79 Å². The van der Waals surface area contributed by atoms with Gasteiger partial charge in [0, 0.05) is 12.6 Å². The van der Waals surface area contributed by atoms with Crippen LogP contribution in [-0.2, 0) is 4.74 Å². The van der Waals surface area contributed by atoms with E-state index >= 15 is 0 Å². The average Bonchev–Trinajstić information content (AvgIpc) is 1.84. The van der Waals surface area contributed by atoms with Gasteiger partial charge in [-0.15, -0.1) is 0 Å². The molecule has 3 nitrogen and oxygen atoms in total. The predicted molar refractivity (Wildman–Crippen MR) is 37.4 cm³/mol. The van der Waals surface area contributed by atoms with Crippen molar-refractivity contribution in [2.24, 2.45) is 0 Å². The molecule has 0 bridgehead atoms. The molecule has 1 aliphatic heterocycles. The number of nitrogens with zero attached hydrogens (tertiary/aromatic N) is 1. The minimum atomic E-state index is -0.364. The zero-order valence-electron chi connectivity index (χ0n) is 5.89. The van der Waals surface area contributed by atoms with Crippen molar-refractivity contribution in [3.05, 3.63) is 24.5 Å². The lowest BCUT2D eigenvalue weighted by Crippen LogP contribution is -2.34. The molecule has 0 saturated carbocycles. The van der Waals surface area contributed by atoms with Gasteiger partial charge in [-0.25, -0.2) is 4.79 Å². The molecular weight excluding hydrogens is 130 g/mol. The number of likely N-dealkylation sites (N-methyl/N-ethyl adjacent to an activating group) is 1. The fourth-order valence-electron chi connectivity index (χ4n) is 0.694. The number of hydrogen-bond acceptors (Lipinski definition) is 2. The van der Waals surface area contributed by atoms with E-state index in [4.69, 9.17) is 4.74 Å². The second-order valence-corrected chi connectivity index (χ2v) is 2.25. The standard InChI is InChI=1S/C7H9NO2/c1-5-4-8(3)7(9)10-6(5)2/h1-2,4H2,3H3. The zero-order valence-corrected chi connectivity index (χ0v) is 5.89. The number of amides is 1. The molecular formula is C7H9NO2. The van der Waals surface area contributed by atoms with Crippen LogP contribution in [0.15, 0.2) is 24.5 Å². The molecule has 0 aromatic heterocycles. The third-order valence-electron chi connectivity index (χ3n) is 1.34. The maximum absolute atomic E-state index is 10.8. The van der Waals surface area contributed by atoms with Gasteiger partial charge in [0.25, 0.3) is 0 Å². The summed E-state index contributed by atoms with van der Waals surface area (Å²) in [6.07, 6.45) is -0.364. The third-order valence-corrected chi connectivity index (χ3v) is 1.34. The summed E-state index contributed by atoms with van der Waals surface area (Å²) in [5, 5.41) is 0. The summed E-state index contributed by atoms with van der Waals surface area (Å²) in [7, 11) is 1.65. The fourth-order valence-corrected chi connectivity index (χ4v) is 0.694. The lowest BCUT2D eigenvalue weighted by Gasteiger charge is -2.24. The van der Waals surface area contributed by atoms with Crippen LogP contribution >= 0.6 is 0 Å². The first kappa shape index (κ1) is 6.86. The lowest BCUT2D eigenvalue weighted by molar-refractivity contribution is 0.131. The van der Waals surface area contributed by atoms with Gasteiger partial charge in [-0.05, 0) is 0 Å². The maximum atomic E-state index is 10.8. The van der Waals surface area contributed by atoms with Crippen LogP contribution in [0.5, 0.6) is 0 Å². The van der Waals surface area contributed by atoms with Gasteiger partial charge in [0.2, 0.25) is 0 Å². The van der Waals surface area contributed by atoms with Crippen molar-refractivity contribution in [3.63, 3.8) is 0 Å². The molecule has 0 aromatic rings. The van der Waals surface area contributed by atoms with Gasteiger partial charge in [0.15, 0.2) is 0 Å². The summed E-state index contributed by atoms with van der Waals surface area (Å²) in [6.45, 7) is 7.68. The van der Waals surface area contributed by atoms with Crippen molar-refractivity contribution in [2.45, 2.75) is 0 Å². The van der Waals surface area contributed by atoms with E-state index in [-0.39, 0.29) is 6.09 Å². The lowest BCUT2D eigenvalue weighted by atomic mass is 10.2. The first-order valence-electron chi connectivity index (χ1n) is 2.91. The van der Waals surface area contributed by atoms with E-state index in [0.29, 0.717) is 12.3 Å². The molecule has 0 spiro atoms. The van der Waals surface area contributed by atoms with Crippen molar-refractivity contribution in [3.8, 4) is 0 Å². The molecule has 1 saturated heterocycles. The van der Waals surface area contributed by atoms with Crippen molar-refractivity contribution in [1.29, 1.82) is 0 Å². The Kier molecular flexibility index (Phi) is 1.49. The second kappa shape index (κ2) is 2.17. The van der Waals surface area contributed by atoms with Gasteiger partial charge < -0.3 is 9.64 Å². The van der Waals surface area contributed by atoms with Crippen LogP contribution < -0.4 is 0 Å². The number of cyclic esters (lactones) is 1. The predicted octanol–water partition coefficient (Wildman–Crippen LogP) is 1.14. The highest BCUT2D eigenvalue weighted by molar-refractivity contribution is 5.71. The van der Waals surface area contributed by atoms with Crippen LogP contribution in [0.3, 0.4) is 0 Å². The first-order valence-corrected chi connectivity index (χ1v) is 2.91. The Morgan fingerprint density at radius 2 is 2.20 bits per heavy atom. The van der Waals surface area contributed by atoms with E-state index in [1.807, 2.05) is 0 Å². The Hall–Kier alpha value is -1.25. The van der Waals surface area contributed by atoms with Gasteiger partial charge in [-0.2, -0.15) is 0 Å². The number of ether oxygens (including phenoxy) is 1. The molecule has 0 aliphatic carbocycles. The summed E-state index contributed by atoms with van der Waals surface area (Å²) in [5.41, 5.74) is 0.752. The molecule has 0 radical (unpaired) electrons. The van der Waals surface area contributed by atoms with Crippen molar-refractivity contribution >= 4 is 6.09 Å². The molecule has 0 aromatic carbocycles. The normalized spacial score (nSPS) is 19.3. The van der Waals surface area contributed by atoms with Crippen LogP contribution in [0, 0.1) is 0 Å². The summed E-state index contributed by atoms with van der Waals surface area (Å²) in [4.78, 5) is 12.2. The Morgan fingerprint density at radius 3 is 2.70 bits per heavy atom. The molecule has 1 aliphatic rings. The molecule has 10 heavy (non-hydrogen) atoms. The Balaban J connectivity index is 2.72. The molecule has 0 unspecified atom stereocenters. The summed E-state index contributed by atoms with van der Waals surface area (Å²) < 4.78 is 4.70. The van der Waals surface area contributed by atoms with Crippen LogP contribution in [-0.4, -0.2) is 24.6 Å². The topological polar surface area (TPSA) is 29.5 Å². The summed E-state index contributed by atoms with van der Waals surface area (Å²) in [5.74, 6) is 0.378. The quantitative estimate of drug-likeness (QED) is 0.503. The minimum Gasteiger partial charge on any atom is -0.411 e. The minimum absolute atomic E-state index is 0.364. The molecule has 1 rings (SSSR count). The molecule has 1 fully saturated rings. The molecule has 1 heterocycles. The zero-order chi connectivity index (χ0) is 7.72. The first-order chi connectivity index (χ1) is 4.61. The largest absolute Gasteiger partial charge is 0.415 e. The van der Waals surface area contributed by atoms with E-state index < -0.39 is 0 Å². The van der Waals surface area contributed by atoms with Gasteiger partial charge in [0.1, 0.15) is 5.76 Å². The molecule has 0 atom stereocenters. The van der Waals surface area contributed by atoms with E-state index in [2.05, 4.69) is 13.2 Å². The molecule has 54 valence electrons. The fraction of sp³-hybridized carbons (Fsp3) is 0.286. The number of carbonyl (C=O) groups is 1. The van der Waals surface area contributed by atoms with E-state index in [1.165, 1.54) is 4.90 Å². The Bertz CT molecular complexity index is 208. The van der Waals surface area contributed by atoms with Crippen LogP contribution in [0.25, 0.3) is 0 Å². The monoisotopic (exact) mass is 139 g/mol. The number of rotatable bonds is 0. The van der Waals surface area contributed by atoms with E-state index in [0.717, 1.165) is 5.57 Å². The second-order valence-electron chi connectivity index (χ2n) is 2.25. The van der Waals surface area contributed by atoms with Gasteiger partial charge in [-0.1, -0.05) is 13.2 Å². The van der Waals surface area contributed by atoms with Crippen LogP contribution in [0.1, 0.15) is 0 Å².